The summed E-state index contributed by atoms with van der Waals surface area (Å²) in [4.78, 5) is 15.2. The van der Waals surface area contributed by atoms with Gasteiger partial charge in [0.1, 0.15) is 11.4 Å². The van der Waals surface area contributed by atoms with Crippen LogP contribution in [0.15, 0.2) is 30.5 Å². The van der Waals surface area contributed by atoms with Gasteiger partial charge in [-0.05, 0) is 17.7 Å². The first-order valence-corrected chi connectivity index (χ1v) is 6.07. The summed E-state index contributed by atoms with van der Waals surface area (Å²) in [6.07, 6.45) is 1.60. The summed E-state index contributed by atoms with van der Waals surface area (Å²) in [7, 11) is 1.51. The number of ether oxygens (including phenoxy) is 1. The van der Waals surface area contributed by atoms with Gasteiger partial charge in [0, 0.05) is 18.8 Å². The van der Waals surface area contributed by atoms with Crippen molar-refractivity contribution >= 4 is 17.3 Å². The van der Waals surface area contributed by atoms with Crippen molar-refractivity contribution in [1.29, 1.82) is 0 Å². The van der Waals surface area contributed by atoms with Gasteiger partial charge in [-0.1, -0.05) is 6.07 Å². The molecule has 0 saturated carbocycles. The Bertz CT molecular complexity index is 659. The van der Waals surface area contributed by atoms with Crippen LogP contribution in [0.5, 0.6) is 5.88 Å². The van der Waals surface area contributed by atoms with Crippen molar-refractivity contribution in [2.24, 2.45) is 0 Å². The lowest BCUT2D eigenvalue weighted by molar-refractivity contribution is 0.0698. The molecule has 0 unspecified atom stereocenters. The van der Waals surface area contributed by atoms with E-state index in [1.165, 1.54) is 13.2 Å². The van der Waals surface area contributed by atoms with Crippen molar-refractivity contribution < 1.29 is 19.0 Å². The molecule has 0 saturated heterocycles. The van der Waals surface area contributed by atoms with Crippen molar-refractivity contribution in [2.75, 3.05) is 18.2 Å². The van der Waals surface area contributed by atoms with E-state index in [-0.39, 0.29) is 16.9 Å². The van der Waals surface area contributed by atoms with E-state index in [1.807, 2.05) is 0 Å². The number of carbonyl (C=O) groups is 1. The van der Waals surface area contributed by atoms with Gasteiger partial charge >= 0.3 is 5.97 Å². The highest BCUT2D eigenvalue weighted by molar-refractivity contribution is 6.00. The van der Waals surface area contributed by atoms with Crippen molar-refractivity contribution in [3.05, 3.63) is 47.4 Å². The van der Waals surface area contributed by atoms with Gasteiger partial charge in [0.2, 0.25) is 5.88 Å². The predicted molar refractivity (Wildman–Crippen MR) is 75.9 cm³/mol. The summed E-state index contributed by atoms with van der Waals surface area (Å²) in [5.74, 6) is -1.57. The maximum atomic E-state index is 13.3. The number of aromatic carboxylic acids is 1. The molecule has 7 heteroatoms. The normalized spacial score (nSPS) is 10.2. The largest absolute Gasteiger partial charge is 0.481 e. The lowest BCUT2D eigenvalue weighted by Crippen LogP contribution is -2.11. The Morgan fingerprint density at radius 3 is 2.76 bits per heavy atom. The summed E-state index contributed by atoms with van der Waals surface area (Å²) in [5.41, 5.74) is 5.86. The van der Waals surface area contributed by atoms with Gasteiger partial charge in [-0.2, -0.15) is 0 Å². The molecular weight excluding hydrogens is 277 g/mol. The van der Waals surface area contributed by atoms with Crippen LogP contribution in [0.1, 0.15) is 15.9 Å². The Morgan fingerprint density at radius 1 is 1.43 bits per heavy atom. The third-order valence-electron chi connectivity index (χ3n) is 2.90. The second-order valence-corrected chi connectivity index (χ2v) is 4.25. The number of pyridine rings is 1. The minimum Gasteiger partial charge on any atom is -0.481 e. The van der Waals surface area contributed by atoms with E-state index >= 15 is 0 Å². The van der Waals surface area contributed by atoms with Gasteiger partial charge in [0.05, 0.1) is 18.5 Å². The Labute approximate surface area is 120 Å². The van der Waals surface area contributed by atoms with Gasteiger partial charge in [0.25, 0.3) is 0 Å². The molecule has 0 spiro atoms. The number of hydrogen-bond acceptors (Lipinski definition) is 5. The highest BCUT2D eigenvalue weighted by Crippen LogP contribution is 2.25. The smallest absolute Gasteiger partial charge is 0.340 e. The molecular formula is C14H14FN3O3. The Balaban J connectivity index is 2.19. The van der Waals surface area contributed by atoms with Crippen molar-refractivity contribution in [1.82, 2.24) is 4.98 Å². The molecule has 1 heterocycles. The molecule has 6 nitrogen and oxygen atoms in total. The molecule has 2 rings (SSSR count). The van der Waals surface area contributed by atoms with Crippen LogP contribution in [0, 0.1) is 5.82 Å². The number of halogens is 1. The molecule has 110 valence electrons. The average molecular weight is 291 g/mol. The third-order valence-corrected chi connectivity index (χ3v) is 2.90. The minimum atomic E-state index is -1.29. The summed E-state index contributed by atoms with van der Waals surface area (Å²) in [5, 5.41) is 12.0. The zero-order valence-electron chi connectivity index (χ0n) is 11.3. The Morgan fingerprint density at radius 2 is 2.19 bits per heavy atom. The molecule has 1 aromatic carbocycles. The SMILES string of the molecule is COc1ccc(CNc2ccc(F)c(N)c2C(=O)O)cn1. The summed E-state index contributed by atoms with van der Waals surface area (Å²) in [6.45, 7) is 0.322. The molecule has 1 aromatic heterocycles. The summed E-state index contributed by atoms with van der Waals surface area (Å²) < 4.78 is 18.3. The van der Waals surface area contributed by atoms with Gasteiger partial charge in [-0.25, -0.2) is 14.2 Å². The number of nitrogen functional groups attached to an aromatic ring is 1. The van der Waals surface area contributed by atoms with E-state index in [0.717, 1.165) is 11.6 Å². The van der Waals surface area contributed by atoms with Crippen molar-refractivity contribution in [3.63, 3.8) is 0 Å². The number of nitrogens with two attached hydrogens (primary N) is 1. The van der Waals surface area contributed by atoms with Gasteiger partial charge in [-0.3, -0.25) is 0 Å². The van der Waals surface area contributed by atoms with Gasteiger partial charge < -0.3 is 20.9 Å². The minimum absolute atomic E-state index is 0.247. The maximum Gasteiger partial charge on any atom is 0.340 e. The fourth-order valence-electron chi connectivity index (χ4n) is 1.81. The number of hydrogen-bond donors (Lipinski definition) is 3. The van der Waals surface area contributed by atoms with Crippen LogP contribution in [0.3, 0.4) is 0 Å². The van der Waals surface area contributed by atoms with E-state index in [0.29, 0.717) is 12.4 Å². The highest BCUT2D eigenvalue weighted by Gasteiger charge is 2.17. The molecule has 0 atom stereocenters. The fraction of sp³-hybridized carbons (Fsp3) is 0.143. The van der Waals surface area contributed by atoms with Crippen LogP contribution in [0.2, 0.25) is 0 Å². The average Bonchev–Trinajstić information content (AvgIpc) is 2.48. The Kier molecular flexibility index (Phi) is 4.22. The molecule has 0 bridgehead atoms. The molecule has 2 aromatic rings. The molecule has 21 heavy (non-hydrogen) atoms. The number of anilines is 2. The third kappa shape index (κ3) is 3.19. The first-order chi connectivity index (χ1) is 10.0. The number of carboxylic acid groups (broad SMARTS) is 1. The lowest BCUT2D eigenvalue weighted by Gasteiger charge is -2.12. The van der Waals surface area contributed by atoms with Crippen LogP contribution >= 0.6 is 0 Å². The number of methoxy groups -OCH3 is 1. The van der Waals surface area contributed by atoms with E-state index < -0.39 is 11.8 Å². The number of aromatic nitrogens is 1. The first-order valence-electron chi connectivity index (χ1n) is 6.07. The van der Waals surface area contributed by atoms with Gasteiger partial charge in [-0.15, -0.1) is 0 Å². The zero-order chi connectivity index (χ0) is 15.4. The molecule has 4 N–H and O–H groups in total. The number of nitrogens with one attached hydrogen (secondary N) is 1. The predicted octanol–water partition coefficient (Wildman–Crippen LogP) is 2.12. The molecule has 0 aliphatic heterocycles. The van der Waals surface area contributed by atoms with E-state index in [9.17, 15) is 9.18 Å². The zero-order valence-corrected chi connectivity index (χ0v) is 11.3. The second kappa shape index (κ2) is 6.08. The first kappa shape index (κ1) is 14.6. The standard InChI is InChI=1S/C14H14FN3O3/c1-21-11-5-2-8(7-18-11)6-17-10-4-3-9(15)13(16)12(10)14(19)20/h2-5,7,17H,6,16H2,1H3,(H,19,20). The van der Waals surface area contributed by atoms with Crippen molar-refractivity contribution in [3.8, 4) is 5.88 Å². The topological polar surface area (TPSA) is 97.5 Å². The van der Waals surface area contributed by atoms with Crippen LogP contribution < -0.4 is 15.8 Å². The number of rotatable bonds is 5. The molecule has 0 amide bonds. The summed E-state index contributed by atoms with van der Waals surface area (Å²) in [6, 6.07) is 5.93. The second-order valence-electron chi connectivity index (χ2n) is 4.25. The van der Waals surface area contributed by atoms with Crippen LogP contribution in [-0.4, -0.2) is 23.2 Å². The van der Waals surface area contributed by atoms with Gasteiger partial charge in [0.15, 0.2) is 0 Å². The van der Waals surface area contributed by atoms with Crippen LogP contribution in [-0.2, 0) is 6.54 Å². The quantitative estimate of drug-likeness (QED) is 0.730. The molecule has 0 aliphatic carbocycles. The van der Waals surface area contributed by atoms with E-state index in [2.05, 4.69) is 10.3 Å². The monoisotopic (exact) mass is 291 g/mol. The van der Waals surface area contributed by atoms with E-state index in [4.69, 9.17) is 15.6 Å². The number of benzene rings is 1. The van der Waals surface area contributed by atoms with Crippen molar-refractivity contribution in [2.45, 2.75) is 6.54 Å². The molecule has 0 aliphatic rings. The highest BCUT2D eigenvalue weighted by atomic mass is 19.1. The van der Waals surface area contributed by atoms with Crippen LogP contribution in [0.25, 0.3) is 0 Å². The van der Waals surface area contributed by atoms with Crippen LogP contribution in [0.4, 0.5) is 15.8 Å². The van der Waals surface area contributed by atoms with E-state index in [1.54, 1.807) is 18.3 Å². The molecule has 0 fully saturated rings. The fourth-order valence-corrected chi connectivity index (χ4v) is 1.81. The lowest BCUT2D eigenvalue weighted by atomic mass is 10.1. The summed E-state index contributed by atoms with van der Waals surface area (Å²) >= 11 is 0. The molecule has 0 radical (unpaired) electrons. The Hall–Kier alpha value is -2.83. The number of nitrogens with zero attached hydrogens (tertiary/aromatic N) is 1. The number of carboxylic acids is 1. The maximum absolute atomic E-state index is 13.3.